The molecule has 0 rings (SSSR count). The van der Waals surface area contributed by atoms with E-state index in [1.807, 2.05) is 0 Å². The van der Waals surface area contributed by atoms with Gasteiger partial charge in [-0.05, 0) is 26.7 Å². The highest BCUT2D eigenvalue weighted by molar-refractivity contribution is 5.85. The van der Waals surface area contributed by atoms with Gasteiger partial charge in [-0.3, -0.25) is 0 Å². The molecule has 0 aliphatic heterocycles. The summed E-state index contributed by atoms with van der Waals surface area (Å²) in [5, 5.41) is 0. The van der Waals surface area contributed by atoms with E-state index in [1.165, 1.54) is 26.7 Å². The summed E-state index contributed by atoms with van der Waals surface area (Å²) in [7, 11) is 1.50. The van der Waals surface area contributed by atoms with E-state index >= 15 is 0 Å². The van der Waals surface area contributed by atoms with Gasteiger partial charge in [0.05, 0.1) is 0 Å². The van der Waals surface area contributed by atoms with Crippen LogP contribution in [0.15, 0.2) is 0 Å². The fraction of sp³-hybridized carbons (Fsp3) is 1.00. The van der Waals surface area contributed by atoms with Crippen LogP contribution in [0.4, 0.5) is 0 Å². The van der Waals surface area contributed by atoms with Crippen molar-refractivity contribution >= 4 is 12.4 Å². The normalized spacial score (nSPS) is 7.80. The van der Waals surface area contributed by atoms with Gasteiger partial charge in [0.25, 0.3) is 0 Å². The van der Waals surface area contributed by atoms with E-state index < -0.39 is 0 Å². The van der Waals surface area contributed by atoms with Gasteiger partial charge in [0.2, 0.25) is 0 Å². The molecule has 0 radical (unpaired) electrons. The molecule has 2 N–H and O–H groups in total. The topological polar surface area (TPSA) is 29.3 Å². The van der Waals surface area contributed by atoms with Crippen LogP contribution in [-0.2, 0) is 0 Å². The van der Waals surface area contributed by atoms with Gasteiger partial charge in [0, 0.05) is 0 Å². The second-order valence-corrected chi connectivity index (χ2v) is 1.62. The van der Waals surface area contributed by atoms with Crippen LogP contribution in [0.2, 0.25) is 0 Å². The summed E-state index contributed by atoms with van der Waals surface area (Å²) in [6.07, 6.45) is 0. The van der Waals surface area contributed by atoms with Gasteiger partial charge in [0.15, 0.2) is 0 Å². The third-order valence-corrected chi connectivity index (χ3v) is 1.34. The summed E-state index contributed by atoms with van der Waals surface area (Å²) < 4.78 is 0. The third kappa shape index (κ3) is 11.1. The van der Waals surface area contributed by atoms with Gasteiger partial charge in [0.1, 0.15) is 0 Å². The van der Waals surface area contributed by atoms with E-state index in [9.17, 15) is 0 Å². The van der Waals surface area contributed by atoms with Gasteiger partial charge < -0.3 is 10.6 Å². The standard InChI is InChI=1S/C6H15N.CH5N.ClH/c1-4-7(5-2)6-3;1-2;/h4-6H2,1-3H3;2H2,1H3;1H. The smallest absolute Gasteiger partial charge is 0.00474 e. The molecule has 0 atom stereocenters. The summed E-state index contributed by atoms with van der Waals surface area (Å²) in [4.78, 5) is 2.38. The van der Waals surface area contributed by atoms with Crippen LogP contribution < -0.4 is 5.73 Å². The molecule has 0 amide bonds. The first-order valence-corrected chi connectivity index (χ1v) is 3.65. The largest absolute Gasteiger partial charge is 0.333 e. The summed E-state index contributed by atoms with van der Waals surface area (Å²) in [6, 6.07) is 0. The molecule has 0 saturated carbocycles. The van der Waals surface area contributed by atoms with Crippen LogP contribution in [0, 0.1) is 0 Å². The Balaban J connectivity index is -0.000000149. The van der Waals surface area contributed by atoms with E-state index in [0.717, 1.165) is 0 Å². The minimum atomic E-state index is 0. The SMILES string of the molecule is CCN(CC)CC.CN.Cl. The minimum absolute atomic E-state index is 0. The van der Waals surface area contributed by atoms with Crippen molar-refractivity contribution < 1.29 is 0 Å². The molecule has 0 aromatic heterocycles. The molecule has 0 spiro atoms. The Labute approximate surface area is 71.2 Å². The van der Waals surface area contributed by atoms with E-state index in [4.69, 9.17) is 0 Å². The van der Waals surface area contributed by atoms with E-state index in [1.54, 1.807) is 0 Å². The van der Waals surface area contributed by atoms with Crippen molar-refractivity contribution in [1.29, 1.82) is 0 Å². The van der Waals surface area contributed by atoms with Crippen molar-refractivity contribution in [2.45, 2.75) is 20.8 Å². The molecule has 66 valence electrons. The predicted octanol–water partition coefficient (Wildman–Crippen LogP) is 1.34. The molecule has 10 heavy (non-hydrogen) atoms. The van der Waals surface area contributed by atoms with Crippen LogP contribution in [0.3, 0.4) is 0 Å². The minimum Gasteiger partial charge on any atom is -0.333 e. The number of rotatable bonds is 3. The van der Waals surface area contributed by atoms with Crippen molar-refractivity contribution in [2.24, 2.45) is 5.73 Å². The maximum atomic E-state index is 4.50. The lowest BCUT2D eigenvalue weighted by Gasteiger charge is -2.13. The highest BCUT2D eigenvalue weighted by Gasteiger charge is 1.89. The maximum absolute atomic E-state index is 4.50. The first kappa shape index (κ1) is 16.7. The summed E-state index contributed by atoms with van der Waals surface area (Å²) in [6.45, 7) is 10.1. The van der Waals surface area contributed by atoms with Gasteiger partial charge in [-0.25, -0.2) is 0 Å². The lowest BCUT2D eigenvalue weighted by atomic mass is 10.5. The van der Waals surface area contributed by atoms with Crippen molar-refractivity contribution in [2.75, 3.05) is 26.7 Å². The van der Waals surface area contributed by atoms with E-state index in [-0.39, 0.29) is 12.4 Å². The Morgan fingerprint density at radius 1 is 0.900 bits per heavy atom. The number of nitrogens with zero attached hydrogens (tertiary/aromatic N) is 1. The zero-order valence-electron chi connectivity index (χ0n) is 7.55. The van der Waals surface area contributed by atoms with Crippen molar-refractivity contribution in [3.63, 3.8) is 0 Å². The first-order chi connectivity index (χ1) is 4.35. The summed E-state index contributed by atoms with van der Waals surface area (Å²) >= 11 is 0. The molecule has 0 bridgehead atoms. The lowest BCUT2D eigenvalue weighted by molar-refractivity contribution is 0.321. The number of halogens is 1. The highest BCUT2D eigenvalue weighted by Crippen LogP contribution is 1.81. The molecule has 2 nitrogen and oxygen atoms in total. The Bertz CT molecular complexity index is 33.1. The van der Waals surface area contributed by atoms with Gasteiger partial charge in [-0.15, -0.1) is 12.4 Å². The van der Waals surface area contributed by atoms with Crippen LogP contribution in [0.5, 0.6) is 0 Å². The number of nitrogens with two attached hydrogens (primary N) is 1. The van der Waals surface area contributed by atoms with E-state index in [0.29, 0.717) is 0 Å². The molecule has 0 aromatic carbocycles. The fourth-order valence-electron chi connectivity index (χ4n) is 0.671. The zero-order chi connectivity index (χ0) is 7.70. The van der Waals surface area contributed by atoms with Crippen LogP contribution in [0.25, 0.3) is 0 Å². The number of hydrogen-bond acceptors (Lipinski definition) is 2. The van der Waals surface area contributed by atoms with Crippen LogP contribution >= 0.6 is 12.4 Å². The Hall–Kier alpha value is 0.210. The Kier molecular flexibility index (Phi) is 26.8. The molecule has 0 aromatic rings. The molecular formula is C7H21ClN2. The van der Waals surface area contributed by atoms with Gasteiger partial charge in [-0.1, -0.05) is 20.8 Å². The monoisotopic (exact) mass is 168 g/mol. The van der Waals surface area contributed by atoms with Crippen LogP contribution in [-0.4, -0.2) is 31.6 Å². The molecule has 0 fully saturated rings. The fourth-order valence-corrected chi connectivity index (χ4v) is 0.671. The van der Waals surface area contributed by atoms with Crippen molar-refractivity contribution in [3.8, 4) is 0 Å². The molecule has 0 saturated heterocycles. The number of hydrogen-bond donors (Lipinski definition) is 1. The average Bonchev–Trinajstić information content (AvgIpc) is 1.96. The summed E-state index contributed by atoms with van der Waals surface area (Å²) in [5.41, 5.74) is 4.50. The summed E-state index contributed by atoms with van der Waals surface area (Å²) in [5.74, 6) is 0. The Morgan fingerprint density at radius 2 is 1.10 bits per heavy atom. The average molecular weight is 169 g/mol. The molecular weight excluding hydrogens is 148 g/mol. The molecule has 3 heteroatoms. The predicted molar refractivity (Wildman–Crippen MR) is 50.8 cm³/mol. The second-order valence-electron chi connectivity index (χ2n) is 1.62. The molecule has 0 unspecified atom stereocenters. The quantitative estimate of drug-likeness (QED) is 0.690. The third-order valence-electron chi connectivity index (χ3n) is 1.34. The second kappa shape index (κ2) is 16.1. The Morgan fingerprint density at radius 3 is 1.10 bits per heavy atom. The van der Waals surface area contributed by atoms with Gasteiger partial charge in [-0.2, -0.15) is 0 Å². The maximum Gasteiger partial charge on any atom is -0.00474 e. The molecule has 0 aliphatic rings. The van der Waals surface area contributed by atoms with Crippen LogP contribution in [0.1, 0.15) is 20.8 Å². The van der Waals surface area contributed by atoms with E-state index in [2.05, 4.69) is 31.4 Å². The molecule has 0 aliphatic carbocycles. The first-order valence-electron chi connectivity index (χ1n) is 3.65. The van der Waals surface area contributed by atoms with Crippen molar-refractivity contribution in [1.82, 2.24) is 4.90 Å². The molecule has 0 heterocycles. The highest BCUT2D eigenvalue weighted by atomic mass is 35.5. The van der Waals surface area contributed by atoms with Crippen molar-refractivity contribution in [3.05, 3.63) is 0 Å². The van der Waals surface area contributed by atoms with Gasteiger partial charge >= 0.3 is 0 Å². The lowest BCUT2D eigenvalue weighted by Crippen LogP contribution is -2.21. The zero-order valence-corrected chi connectivity index (χ0v) is 8.37.